The molecule has 5 nitrogen and oxygen atoms in total. The first-order valence-corrected chi connectivity index (χ1v) is 8.40. The molecule has 6 heteroatoms. The van der Waals surface area contributed by atoms with E-state index in [0.29, 0.717) is 25.4 Å². The second-order valence-electron chi connectivity index (χ2n) is 6.46. The molecular formula is C16H30ClN3O2. The molecule has 1 aliphatic carbocycles. The number of hydrogen-bond acceptors (Lipinski definition) is 3. The summed E-state index contributed by atoms with van der Waals surface area (Å²) >= 11 is 0. The van der Waals surface area contributed by atoms with Crippen LogP contribution in [-0.2, 0) is 9.59 Å². The van der Waals surface area contributed by atoms with E-state index in [0.717, 1.165) is 32.1 Å². The third-order valence-electron chi connectivity index (χ3n) is 5.20. The van der Waals surface area contributed by atoms with Gasteiger partial charge in [-0.3, -0.25) is 9.59 Å². The summed E-state index contributed by atoms with van der Waals surface area (Å²) in [4.78, 5) is 26.5. The number of carbonyl (C=O) groups is 2. The fraction of sp³-hybridized carbons (Fsp3) is 0.875. The van der Waals surface area contributed by atoms with Crippen LogP contribution in [0.3, 0.4) is 0 Å². The average molecular weight is 332 g/mol. The number of rotatable bonds is 6. The molecule has 22 heavy (non-hydrogen) atoms. The van der Waals surface area contributed by atoms with E-state index < -0.39 is 0 Å². The molecular weight excluding hydrogens is 302 g/mol. The molecule has 2 fully saturated rings. The van der Waals surface area contributed by atoms with E-state index in [1.54, 1.807) is 0 Å². The van der Waals surface area contributed by atoms with Crippen LogP contribution in [0.2, 0.25) is 0 Å². The predicted octanol–water partition coefficient (Wildman–Crippen LogP) is 1.69. The molecule has 1 heterocycles. The van der Waals surface area contributed by atoms with Gasteiger partial charge in [-0.15, -0.1) is 12.4 Å². The van der Waals surface area contributed by atoms with Crippen molar-refractivity contribution in [3.05, 3.63) is 0 Å². The van der Waals surface area contributed by atoms with Crippen molar-refractivity contribution < 1.29 is 9.59 Å². The van der Waals surface area contributed by atoms with Crippen molar-refractivity contribution in [2.24, 2.45) is 17.6 Å². The number of hydrogen-bond donors (Lipinski definition) is 2. The van der Waals surface area contributed by atoms with Crippen LogP contribution in [0.1, 0.15) is 52.4 Å². The molecule has 2 amide bonds. The van der Waals surface area contributed by atoms with Gasteiger partial charge in [0.2, 0.25) is 11.8 Å². The van der Waals surface area contributed by atoms with Crippen molar-refractivity contribution in [1.82, 2.24) is 10.2 Å². The highest BCUT2D eigenvalue weighted by Crippen LogP contribution is 2.27. The van der Waals surface area contributed by atoms with Crippen molar-refractivity contribution in [2.75, 3.05) is 13.1 Å². The summed E-state index contributed by atoms with van der Waals surface area (Å²) in [6, 6.07) is 0.485. The molecule has 1 saturated carbocycles. The number of halogens is 1. The van der Waals surface area contributed by atoms with Crippen molar-refractivity contribution in [3.8, 4) is 0 Å². The van der Waals surface area contributed by atoms with Gasteiger partial charge in [-0.25, -0.2) is 0 Å². The van der Waals surface area contributed by atoms with Crippen LogP contribution in [0.15, 0.2) is 0 Å². The Balaban J connectivity index is 0.00000242. The fourth-order valence-electron chi connectivity index (χ4n) is 3.80. The Hall–Kier alpha value is -0.810. The lowest BCUT2D eigenvalue weighted by Gasteiger charge is -2.26. The maximum absolute atomic E-state index is 12.4. The summed E-state index contributed by atoms with van der Waals surface area (Å²) in [6.45, 7) is 5.41. The first-order chi connectivity index (χ1) is 10.1. The van der Waals surface area contributed by atoms with Gasteiger partial charge in [0.1, 0.15) is 0 Å². The number of likely N-dealkylation sites (tertiary alicyclic amines) is 1. The SMILES string of the molecule is CCC(CC)N1CC(C(=O)NC2CCCC2CN)CC1=O.Cl. The lowest BCUT2D eigenvalue weighted by Crippen LogP contribution is -2.43. The minimum Gasteiger partial charge on any atom is -0.353 e. The monoisotopic (exact) mass is 331 g/mol. The van der Waals surface area contributed by atoms with Crippen LogP contribution in [0.5, 0.6) is 0 Å². The number of nitrogens with zero attached hydrogens (tertiary/aromatic N) is 1. The molecule has 0 spiro atoms. The van der Waals surface area contributed by atoms with E-state index >= 15 is 0 Å². The molecule has 2 rings (SSSR count). The molecule has 1 aliphatic heterocycles. The number of carbonyl (C=O) groups excluding carboxylic acids is 2. The normalized spacial score (nSPS) is 28.1. The molecule has 0 radical (unpaired) electrons. The summed E-state index contributed by atoms with van der Waals surface area (Å²) in [5.74, 6) is 0.395. The Morgan fingerprint density at radius 3 is 2.64 bits per heavy atom. The zero-order chi connectivity index (χ0) is 15.4. The van der Waals surface area contributed by atoms with E-state index in [1.807, 2.05) is 4.90 Å². The third kappa shape index (κ3) is 4.13. The molecule has 0 aromatic rings. The van der Waals surface area contributed by atoms with E-state index in [-0.39, 0.29) is 42.2 Å². The molecule has 2 aliphatic rings. The quantitative estimate of drug-likeness (QED) is 0.777. The minimum atomic E-state index is -0.183. The van der Waals surface area contributed by atoms with Crippen LogP contribution >= 0.6 is 12.4 Å². The topological polar surface area (TPSA) is 75.4 Å². The second kappa shape index (κ2) is 8.73. The van der Waals surface area contributed by atoms with Gasteiger partial charge in [0.25, 0.3) is 0 Å². The van der Waals surface area contributed by atoms with Crippen molar-refractivity contribution in [2.45, 2.75) is 64.5 Å². The lowest BCUT2D eigenvalue weighted by atomic mass is 10.0. The Morgan fingerprint density at radius 2 is 2.05 bits per heavy atom. The van der Waals surface area contributed by atoms with E-state index in [1.165, 1.54) is 0 Å². The van der Waals surface area contributed by atoms with Crippen molar-refractivity contribution >= 4 is 24.2 Å². The van der Waals surface area contributed by atoms with E-state index in [9.17, 15) is 9.59 Å². The van der Waals surface area contributed by atoms with Gasteiger partial charge in [-0.05, 0) is 38.1 Å². The zero-order valence-corrected chi connectivity index (χ0v) is 14.5. The maximum atomic E-state index is 12.4. The first kappa shape index (κ1) is 19.2. The zero-order valence-electron chi connectivity index (χ0n) is 13.7. The highest BCUT2D eigenvalue weighted by Gasteiger charge is 2.38. The Morgan fingerprint density at radius 1 is 1.36 bits per heavy atom. The first-order valence-electron chi connectivity index (χ1n) is 8.40. The highest BCUT2D eigenvalue weighted by atomic mass is 35.5. The van der Waals surface area contributed by atoms with Gasteiger partial charge in [0.15, 0.2) is 0 Å². The van der Waals surface area contributed by atoms with Crippen LogP contribution in [0.4, 0.5) is 0 Å². The van der Waals surface area contributed by atoms with E-state index in [4.69, 9.17) is 5.73 Å². The molecule has 1 saturated heterocycles. The molecule has 3 atom stereocenters. The maximum Gasteiger partial charge on any atom is 0.225 e. The van der Waals surface area contributed by atoms with Gasteiger partial charge >= 0.3 is 0 Å². The average Bonchev–Trinajstić information content (AvgIpc) is 3.07. The van der Waals surface area contributed by atoms with Gasteiger partial charge in [0, 0.05) is 25.0 Å². The van der Waals surface area contributed by atoms with Crippen LogP contribution in [0, 0.1) is 11.8 Å². The molecule has 0 bridgehead atoms. The molecule has 0 aromatic carbocycles. The van der Waals surface area contributed by atoms with Crippen LogP contribution in [0.25, 0.3) is 0 Å². The number of amides is 2. The molecule has 3 unspecified atom stereocenters. The third-order valence-corrected chi connectivity index (χ3v) is 5.20. The van der Waals surface area contributed by atoms with Gasteiger partial charge in [-0.2, -0.15) is 0 Å². The van der Waals surface area contributed by atoms with Crippen molar-refractivity contribution in [1.29, 1.82) is 0 Å². The summed E-state index contributed by atoms with van der Waals surface area (Å²) in [7, 11) is 0. The number of nitrogens with one attached hydrogen (secondary N) is 1. The Bertz CT molecular complexity index is 388. The largest absolute Gasteiger partial charge is 0.353 e. The summed E-state index contributed by atoms with van der Waals surface area (Å²) in [5.41, 5.74) is 5.76. The highest BCUT2D eigenvalue weighted by molar-refractivity contribution is 5.89. The van der Waals surface area contributed by atoms with E-state index in [2.05, 4.69) is 19.2 Å². The Kier molecular flexibility index (Phi) is 7.63. The minimum absolute atomic E-state index is 0. The standard InChI is InChI=1S/C16H29N3O2.ClH/c1-3-13(4-2)19-10-12(8-15(19)20)16(21)18-14-7-5-6-11(14)9-17;/h11-14H,3-10,17H2,1-2H3,(H,18,21);1H. The molecule has 3 N–H and O–H groups in total. The fourth-order valence-corrected chi connectivity index (χ4v) is 3.80. The summed E-state index contributed by atoms with van der Waals surface area (Å²) in [5, 5.41) is 3.14. The smallest absolute Gasteiger partial charge is 0.225 e. The Labute approximate surface area is 139 Å². The molecule has 0 aromatic heterocycles. The molecule has 128 valence electrons. The summed E-state index contributed by atoms with van der Waals surface area (Å²) in [6.07, 6.45) is 5.52. The van der Waals surface area contributed by atoms with Gasteiger partial charge in [0.05, 0.1) is 5.92 Å². The van der Waals surface area contributed by atoms with Crippen LogP contribution < -0.4 is 11.1 Å². The second-order valence-corrected chi connectivity index (χ2v) is 6.46. The number of nitrogens with two attached hydrogens (primary N) is 1. The summed E-state index contributed by atoms with van der Waals surface area (Å²) < 4.78 is 0. The van der Waals surface area contributed by atoms with Crippen molar-refractivity contribution in [3.63, 3.8) is 0 Å². The lowest BCUT2D eigenvalue weighted by molar-refractivity contribution is -0.130. The van der Waals surface area contributed by atoms with Crippen LogP contribution in [-0.4, -0.2) is 41.9 Å². The van der Waals surface area contributed by atoms with Gasteiger partial charge in [-0.1, -0.05) is 20.3 Å². The van der Waals surface area contributed by atoms with Gasteiger partial charge < -0.3 is 16.0 Å². The predicted molar refractivity (Wildman–Crippen MR) is 89.8 cm³/mol.